The summed E-state index contributed by atoms with van der Waals surface area (Å²) >= 11 is 3.06. The lowest BCUT2D eigenvalue weighted by Gasteiger charge is -2.16. The average molecular weight is 541 g/mol. The van der Waals surface area contributed by atoms with Crippen LogP contribution in [0.2, 0.25) is 0 Å². The monoisotopic (exact) mass is 540 g/mol. The molecule has 1 aromatic heterocycles. The number of amides is 1. The van der Waals surface area contributed by atoms with Crippen molar-refractivity contribution in [2.45, 2.75) is 13.5 Å². The van der Waals surface area contributed by atoms with Gasteiger partial charge in [0.25, 0.3) is 5.56 Å². The fraction of sp³-hybridized carbons (Fsp3) is 0.130. The van der Waals surface area contributed by atoms with E-state index in [-0.39, 0.29) is 40.3 Å². The molecule has 0 radical (unpaired) electrons. The highest BCUT2D eigenvalue weighted by molar-refractivity contribution is 9.10. The number of aromatic nitrogens is 1. The van der Waals surface area contributed by atoms with Crippen molar-refractivity contribution in [1.82, 2.24) is 4.57 Å². The molecule has 1 amide bonds. The summed E-state index contributed by atoms with van der Waals surface area (Å²) in [4.78, 5) is 23.4. The number of primary amides is 1. The zero-order valence-electron chi connectivity index (χ0n) is 17.6. The number of rotatable bonds is 7. The molecule has 2 N–H and O–H groups in total. The van der Waals surface area contributed by atoms with E-state index in [1.807, 2.05) is 0 Å². The highest BCUT2D eigenvalue weighted by Gasteiger charge is 2.20. The molecule has 2 aromatic carbocycles. The third-order valence-corrected chi connectivity index (χ3v) is 5.32. The van der Waals surface area contributed by atoms with Crippen molar-refractivity contribution in [2.75, 3.05) is 6.61 Å². The predicted molar refractivity (Wildman–Crippen MR) is 120 cm³/mol. The Morgan fingerprint density at radius 2 is 1.76 bits per heavy atom. The van der Waals surface area contributed by atoms with Gasteiger partial charge in [-0.1, -0.05) is 6.08 Å². The van der Waals surface area contributed by atoms with E-state index in [0.29, 0.717) is 6.07 Å². The van der Waals surface area contributed by atoms with Crippen molar-refractivity contribution >= 4 is 28.1 Å². The first-order valence-corrected chi connectivity index (χ1v) is 10.4. The van der Waals surface area contributed by atoms with Crippen LogP contribution in [0.15, 0.2) is 51.7 Å². The minimum Gasteiger partial charge on any atom is -0.487 e. The van der Waals surface area contributed by atoms with Crippen molar-refractivity contribution in [3.8, 4) is 11.4 Å². The molecular weight excluding hydrogens is 524 g/mol. The van der Waals surface area contributed by atoms with Crippen LogP contribution in [-0.4, -0.2) is 17.3 Å². The third-order valence-electron chi connectivity index (χ3n) is 4.59. The summed E-state index contributed by atoms with van der Waals surface area (Å²) in [6.07, 6.45) is 1.66. The molecule has 0 saturated heterocycles. The first-order chi connectivity index (χ1) is 16.1. The van der Waals surface area contributed by atoms with Gasteiger partial charge in [0, 0.05) is 23.4 Å². The number of nitrogens with zero attached hydrogens (tertiary/aromatic N) is 1. The van der Waals surface area contributed by atoms with Crippen LogP contribution in [0, 0.1) is 30.2 Å². The SMILES string of the molecule is Cc1cc(OCc2ccc(F)cc2F)c(Br)c(=O)n1-c1c(F)cc(/C=C/COC(N)=O)cc1F. The molecule has 34 heavy (non-hydrogen) atoms. The van der Waals surface area contributed by atoms with E-state index < -0.39 is 40.6 Å². The summed E-state index contributed by atoms with van der Waals surface area (Å²) in [6, 6.07) is 6.32. The van der Waals surface area contributed by atoms with Gasteiger partial charge in [-0.25, -0.2) is 22.4 Å². The Labute approximate surface area is 199 Å². The summed E-state index contributed by atoms with van der Waals surface area (Å²) in [7, 11) is 0. The van der Waals surface area contributed by atoms with Crippen LogP contribution < -0.4 is 16.0 Å². The molecule has 0 saturated carbocycles. The van der Waals surface area contributed by atoms with Gasteiger partial charge in [-0.05, 0) is 58.8 Å². The van der Waals surface area contributed by atoms with Crippen molar-refractivity contribution in [3.63, 3.8) is 0 Å². The Morgan fingerprint density at radius 1 is 1.09 bits per heavy atom. The van der Waals surface area contributed by atoms with Gasteiger partial charge in [-0.15, -0.1) is 0 Å². The topological polar surface area (TPSA) is 83.6 Å². The number of halogens is 5. The molecule has 3 aromatic rings. The largest absolute Gasteiger partial charge is 0.487 e. The Hall–Kier alpha value is -3.60. The minimum atomic E-state index is -1.02. The Kier molecular flexibility index (Phi) is 7.77. The van der Waals surface area contributed by atoms with E-state index in [1.165, 1.54) is 31.2 Å². The molecule has 1 heterocycles. The second-order valence-corrected chi connectivity index (χ2v) is 7.79. The fourth-order valence-electron chi connectivity index (χ4n) is 3.07. The van der Waals surface area contributed by atoms with E-state index in [9.17, 15) is 27.2 Å². The second kappa shape index (κ2) is 10.6. The molecule has 0 aliphatic rings. The van der Waals surface area contributed by atoms with Gasteiger partial charge in [0.15, 0.2) is 11.6 Å². The van der Waals surface area contributed by atoms with E-state index in [1.54, 1.807) is 0 Å². The van der Waals surface area contributed by atoms with Crippen LogP contribution in [-0.2, 0) is 11.3 Å². The van der Waals surface area contributed by atoms with Gasteiger partial charge in [0.05, 0.1) is 0 Å². The predicted octanol–water partition coefficient (Wildman–Crippen LogP) is 5.15. The summed E-state index contributed by atoms with van der Waals surface area (Å²) in [5, 5.41) is 0. The summed E-state index contributed by atoms with van der Waals surface area (Å²) in [6.45, 7) is 0.943. The number of hydrogen-bond acceptors (Lipinski definition) is 4. The zero-order chi connectivity index (χ0) is 25.0. The molecule has 0 atom stereocenters. The number of carbonyl (C=O) groups excluding carboxylic acids is 1. The van der Waals surface area contributed by atoms with Gasteiger partial charge in [-0.3, -0.25) is 9.36 Å². The van der Waals surface area contributed by atoms with Crippen molar-refractivity contribution < 1.29 is 31.8 Å². The molecule has 6 nitrogen and oxygen atoms in total. The molecule has 0 aliphatic carbocycles. The minimum absolute atomic E-state index is 0.0114. The van der Waals surface area contributed by atoms with E-state index >= 15 is 0 Å². The Morgan fingerprint density at radius 3 is 2.38 bits per heavy atom. The van der Waals surface area contributed by atoms with Crippen LogP contribution in [0.25, 0.3) is 11.8 Å². The smallest absolute Gasteiger partial charge is 0.404 e. The van der Waals surface area contributed by atoms with Crippen LogP contribution in [0.3, 0.4) is 0 Å². The van der Waals surface area contributed by atoms with Crippen LogP contribution in [0.4, 0.5) is 22.4 Å². The maximum absolute atomic E-state index is 14.8. The molecule has 0 spiro atoms. The summed E-state index contributed by atoms with van der Waals surface area (Å²) in [5.41, 5.74) is 3.72. The number of ether oxygens (including phenoxy) is 2. The maximum Gasteiger partial charge on any atom is 0.404 e. The molecule has 0 aliphatic heterocycles. The maximum atomic E-state index is 14.8. The lowest BCUT2D eigenvalue weighted by Crippen LogP contribution is -2.24. The van der Waals surface area contributed by atoms with Crippen LogP contribution >= 0.6 is 15.9 Å². The number of benzene rings is 2. The average Bonchev–Trinajstić information content (AvgIpc) is 2.75. The number of pyridine rings is 1. The molecule has 11 heteroatoms. The van der Waals surface area contributed by atoms with Crippen LogP contribution in [0.5, 0.6) is 5.75 Å². The van der Waals surface area contributed by atoms with Crippen molar-refractivity contribution in [3.05, 3.63) is 97.4 Å². The molecule has 0 bridgehead atoms. The van der Waals surface area contributed by atoms with Crippen LogP contribution in [0.1, 0.15) is 16.8 Å². The third kappa shape index (κ3) is 5.66. The normalized spacial score (nSPS) is 11.1. The molecular formula is C23H17BrF4N2O4. The van der Waals surface area contributed by atoms with Gasteiger partial charge in [-0.2, -0.15) is 0 Å². The van der Waals surface area contributed by atoms with E-state index in [4.69, 9.17) is 10.5 Å². The second-order valence-electron chi connectivity index (χ2n) is 6.99. The first kappa shape index (κ1) is 25.0. The molecule has 178 valence electrons. The molecule has 0 fully saturated rings. The van der Waals surface area contributed by atoms with E-state index in [0.717, 1.165) is 22.8 Å². The lowest BCUT2D eigenvalue weighted by molar-refractivity contribution is 0.169. The van der Waals surface area contributed by atoms with Gasteiger partial charge in [0.2, 0.25) is 0 Å². The summed E-state index contributed by atoms with van der Waals surface area (Å²) in [5.74, 6) is -3.59. The number of nitrogens with two attached hydrogens (primary N) is 1. The number of hydrogen-bond donors (Lipinski definition) is 1. The van der Waals surface area contributed by atoms with Gasteiger partial charge >= 0.3 is 6.09 Å². The summed E-state index contributed by atoms with van der Waals surface area (Å²) < 4.78 is 67.2. The van der Waals surface area contributed by atoms with Gasteiger partial charge < -0.3 is 15.2 Å². The first-order valence-electron chi connectivity index (χ1n) is 9.65. The molecule has 0 unspecified atom stereocenters. The van der Waals surface area contributed by atoms with Gasteiger partial charge in [0.1, 0.15) is 40.8 Å². The lowest BCUT2D eigenvalue weighted by atomic mass is 10.1. The Balaban J connectivity index is 1.91. The van der Waals surface area contributed by atoms with Crippen molar-refractivity contribution in [1.29, 1.82) is 0 Å². The van der Waals surface area contributed by atoms with Crippen molar-refractivity contribution in [2.24, 2.45) is 5.73 Å². The van der Waals surface area contributed by atoms with E-state index in [2.05, 4.69) is 20.7 Å². The highest BCUT2D eigenvalue weighted by atomic mass is 79.9. The quantitative estimate of drug-likeness (QED) is 0.420. The number of aryl methyl sites for hydroxylation is 1. The number of carbonyl (C=O) groups is 1. The fourth-order valence-corrected chi connectivity index (χ4v) is 3.47. The zero-order valence-corrected chi connectivity index (χ0v) is 19.2. The standard InChI is InChI=1S/C23H17BrF4N2O4/c1-12-7-19(34-11-14-4-5-15(25)10-16(14)26)20(24)22(31)30(12)21-17(27)8-13(9-18(21)28)3-2-6-33-23(29)32/h2-5,7-10H,6,11H2,1H3,(H2,29,32)/b3-2+. The highest BCUT2D eigenvalue weighted by Crippen LogP contribution is 2.27. The Bertz CT molecular complexity index is 1320. The molecule has 3 rings (SSSR count).